The molecule has 131 valence electrons. The molecule has 11 heteroatoms. The molecule has 0 heterocycles. The molecule has 0 N–H and O–H groups in total. The van der Waals surface area contributed by atoms with Gasteiger partial charge >= 0.3 is 29.9 Å². The first kappa shape index (κ1) is 19.5. The molecule has 0 aliphatic rings. The molecule has 0 nitrogen and oxygen atoms in total. The molecular weight excluding hydrogens is 353 g/mol. The van der Waals surface area contributed by atoms with E-state index in [9.17, 15) is 48.3 Å². The van der Waals surface area contributed by atoms with Gasteiger partial charge in [-0.2, -0.15) is 48.3 Å². The van der Waals surface area contributed by atoms with Crippen molar-refractivity contribution in [2.75, 3.05) is 0 Å². The SMILES string of the molecule is [CH2]c1ccc(C(F)(F)C(F)(F)C(F)(F)C(F)(F)C(F)(F)F)cc1. The van der Waals surface area contributed by atoms with Gasteiger partial charge in [0, 0.05) is 5.56 Å². The van der Waals surface area contributed by atoms with Gasteiger partial charge in [0.2, 0.25) is 0 Å². The van der Waals surface area contributed by atoms with E-state index in [0.717, 1.165) is 0 Å². The smallest absolute Gasteiger partial charge is 0.194 e. The van der Waals surface area contributed by atoms with Gasteiger partial charge in [0.25, 0.3) is 0 Å². The average Bonchev–Trinajstić information content (AvgIpc) is 2.37. The van der Waals surface area contributed by atoms with Crippen LogP contribution in [0.25, 0.3) is 0 Å². The van der Waals surface area contributed by atoms with Crippen molar-refractivity contribution in [1.82, 2.24) is 0 Å². The van der Waals surface area contributed by atoms with Crippen LogP contribution < -0.4 is 0 Å². The molecule has 0 aromatic heterocycles. The number of hydrogen-bond donors (Lipinski definition) is 0. The van der Waals surface area contributed by atoms with Crippen molar-refractivity contribution in [3.63, 3.8) is 0 Å². The minimum absolute atomic E-state index is 0.0137. The van der Waals surface area contributed by atoms with Crippen molar-refractivity contribution in [2.45, 2.75) is 29.9 Å². The van der Waals surface area contributed by atoms with Gasteiger partial charge in [-0.1, -0.05) is 24.3 Å². The van der Waals surface area contributed by atoms with Gasteiger partial charge in [-0.25, -0.2) is 0 Å². The normalized spacial score (nSPS) is 15.0. The fourth-order valence-corrected chi connectivity index (χ4v) is 1.47. The minimum atomic E-state index is -7.40. The average molecular weight is 359 g/mol. The Bertz CT molecular complexity index is 553. The summed E-state index contributed by atoms with van der Waals surface area (Å²) in [6.45, 7) is 3.18. The number of alkyl halides is 11. The van der Waals surface area contributed by atoms with Gasteiger partial charge < -0.3 is 0 Å². The lowest BCUT2D eigenvalue weighted by atomic mass is 9.93. The lowest BCUT2D eigenvalue weighted by Gasteiger charge is -2.37. The lowest BCUT2D eigenvalue weighted by molar-refractivity contribution is -0.424. The molecule has 0 unspecified atom stereocenters. The highest BCUT2D eigenvalue weighted by atomic mass is 19.4. The molecule has 0 fully saturated rings. The second-order valence-corrected chi connectivity index (χ2v) is 4.49. The number of benzene rings is 1. The van der Waals surface area contributed by atoms with Crippen molar-refractivity contribution in [3.05, 3.63) is 42.3 Å². The maximum atomic E-state index is 13.5. The third kappa shape index (κ3) is 2.74. The molecule has 1 aromatic carbocycles. The Morgan fingerprint density at radius 3 is 1.30 bits per heavy atom. The Hall–Kier alpha value is -1.55. The summed E-state index contributed by atoms with van der Waals surface area (Å²) < 4.78 is 141. The highest BCUT2D eigenvalue weighted by Gasteiger charge is 2.87. The van der Waals surface area contributed by atoms with Gasteiger partial charge in [0.15, 0.2) is 0 Å². The van der Waals surface area contributed by atoms with Crippen molar-refractivity contribution in [3.8, 4) is 0 Å². The first-order chi connectivity index (χ1) is 10.00. The Morgan fingerprint density at radius 1 is 0.565 bits per heavy atom. The molecule has 23 heavy (non-hydrogen) atoms. The summed E-state index contributed by atoms with van der Waals surface area (Å²) in [5.74, 6) is -27.8. The molecule has 0 aliphatic carbocycles. The second kappa shape index (κ2) is 5.23. The molecular formula is C12H6F11. The summed E-state index contributed by atoms with van der Waals surface area (Å²) in [6, 6.07) is 1.66. The molecule has 1 rings (SSSR count). The Kier molecular flexibility index (Phi) is 4.44. The van der Waals surface area contributed by atoms with E-state index in [2.05, 4.69) is 6.92 Å². The van der Waals surface area contributed by atoms with E-state index in [1.54, 1.807) is 0 Å². The highest BCUT2D eigenvalue weighted by Crippen LogP contribution is 2.59. The predicted octanol–water partition coefficient (Wildman–Crippen LogP) is 5.43. The quantitative estimate of drug-likeness (QED) is 0.629. The van der Waals surface area contributed by atoms with Crippen LogP contribution in [0.2, 0.25) is 0 Å². The van der Waals surface area contributed by atoms with Crippen molar-refractivity contribution >= 4 is 0 Å². The number of rotatable bonds is 4. The molecule has 0 saturated heterocycles. The van der Waals surface area contributed by atoms with Crippen LogP contribution in [0.1, 0.15) is 11.1 Å². The number of hydrogen-bond acceptors (Lipinski definition) is 0. The van der Waals surface area contributed by atoms with Crippen LogP contribution in [0.4, 0.5) is 48.3 Å². The van der Waals surface area contributed by atoms with Crippen LogP contribution in [0.15, 0.2) is 24.3 Å². The zero-order valence-electron chi connectivity index (χ0n) is 10.7. The van der Waals surface area contributed by atoms with Crippen LogP contribution >= 0.6 is 0 Å². The molecule has 0 amide bonds. The fourth-order valence-electron chi connectivity index (χ4n) is 1.47. The first-order valence-corrected chi connectivity index (χ1v) is 5.50. The lowest BCUT2D eigenvalue weighted by Crippen LogP contribution is -2.65. The zero-order chi connectivity index (χ0) is 18.5. The first-order valence-electron chi connectivity index (χ1n) is 5.50. The molecule has 1 aromatic rings. The summed E-state index contributed by atoms with van der Waals surface area (Å²) >= 11 is 0. The maximum Gasteiger partial charge on any atom is 0.460 e. The van der Waals surface area contributed by atoms with Crippen molar-refractivity contribution in [1.29, 1.82) is 0 Å². The summed E-state index contributed by atoms with van der Waals surface area (Å²) in [4.78, 5) is 0. The maximum absolute atomic E-state index is 13.5. The van der Waals surface area contributed by atoms with Crippen molar-refractivity contribution in [2.24, 2.45) is 0 Å². The third-order valence-electron chi connectivity index (χ3n) is 2.86. The number of halogens is 11. The van der Waals surface area contributed by atoms with Gasteiger partial charge in [-0.15, -0.1) is 0 Å². The van der Waals surface area contributed by atoms with Crippen LogP contribution in [0.5, 0.6) is 0 Å². The Balaban J connectivity index is 3.45. The van der Waals surface area contributed by atoms with E-state index in [1.165, 1.54) is 0 Å². The van der Waals surface area contributed by atoms with Crippen LogP contribution in [-0.2, 0) is 5.92 Å². The second-order valence-electron chi connectivity index (χ2n) is 4.49. The zero-order valence-corrected chi connectivity index (χ0v) is 10.7. The van der Waals surface area contributed by atoms with E-state index in [0.29, 0.717) is 12.1 Å². The molecule has 1 radical (unpaired) electrons. The van der Waals surface area contributed by atoms with E-state index >= 15 is 0 Å². The van der Waals surface area contributed by atoms with E-state index in [4.69, 9.17) is 0 Å². The minimum Gasteiger partial charge on any atom is -0.194 e. The Labute approximate surface area is 121 Å². The van der Waals surface area contributed by atoms with Gasteiger partial charge in [0.1, 0.15) is 0 Å². The van der Waals surface area contributed by atoms with Gasteiger partial charge in [0.05, 0.1) is 0 Å². The molecule has 0 bridgehead atoms. The van der Waals surface area contributed by atoms with E-state index < -0.39 is 35.4 Å². The standard InChI is InChI=1S/C12H6F11/c1-6-2-4-7(5-3-6)8(13,14)9(15,16)10(17,18)11(19,20)12(21,22)23/h2-5H,1H2. The van der Waals surface area contributed by atoms with E-state index in [1.807, 2.05) is 0 Å². The summed E-state index contributed by atoms with van der Waals surface area (Å²) in [5, 5.41) is 0. The van der Waals surface area contributed by atoms with Crippen LogP contribution in [-0.4, -0.2) is 23.9 Å². The van der Waals surface area contributed by atoms with Crippen molar-refractivity contribution < 1.29 is 48.3 Å². The summed E-state index contributed by atoms with van der Waals surface area (Å²) in [6.07, 6.45) is -7.16. The highest BCUT2D eigenvalue weighted by molar-refractivity contribution is 5.30. The fraction of sp³-hybridized carbons (Fsp3) is 0.417. The largest absolute Gasteiger partial charge is 0.460 e. The predicted molar refractivity (Wildman–Crippen MR) is 55.7 cm³/mol. The summed E-state index contributed by atoms with van der Waals surface area (Å²) in [5.41, 5.74) is -1.88. The van der Waals surface area contributed by atoms with E-state index in [-0.39, 0.29) is 17.7 Å². The molecule has 0 atom stereocenters. The van der Waals surface area contributed by atoms with Crippen LogP contribution in [0, 0.1) is 6.92 Å². The Morgan fingerprint density at radius 2 is 0.957 bits per heavy atom. The summed E-state index contributed by atoms with van der Waals surface area (Å²) in [7, 11) is 0. The van der Waals surface area contributed by atoms with Crippen LogP contribution in [0.3, 0.4) is 0 Å². The third-order valence-corrected chi connectivity index (χ3v) is 2.86. The molecule has 0 saturated carbocycles. The monoisotopic (exact) mass is 359 g/mol. The van der Waals surface area contributed by atoms with Gasteiger partial charge in [-0.05, 0) is 12.5 Å². The molecule has 0 spiro atoms. The molecule has 0 aliphatic heterocycles. The van der Waals surface area contributed by atoms with Gasteiger partial charge in [-0.3, -0.25) is 0 Å². The topological polar surface area (TPSA) is 0 Å².